The van der Waals surface area contributed by atoms with Crippen LogP contribution in [0.3, 0.4) is 0 Å². The Labute approximate surface area is 86.0 Å². The van der Waals surface area contributed by atoms with Crippen molar-refractivity contribution >= 4 is 5.69 Å². The van der Waals surface area contributed by atoms with Gasteiger partial charge in [-0.05, 0) is 29.5 Å². The van der Waals surface area contributed by atoms with E-state index in [1.165, 1.54) is 5.56 Å². The zero-order valence-corrected chi connectivity index (χ0v) is 9.60. The largest absolute Gasteiger partial charge is 0.506 e. The van der Waals surface area contributed by atoms with Crippen molar-refractivity contribution in [3.8, 4) is 5.75 Å². The molecule has 0 radical (unpaired) electrons. The lowest BCUT2D eigenvalue weighted by molar-refractivity contribution is 0.472. The number of phenols is 1. The van der Waals surface area contributed by atoms with Gasteiger partial charge >= 0.3 is 0 Å². The molecule has 0 aliphatic carbocycles. The third-order valence-corrected chi connectivity index (χ3v) is 2.44. The van der Waals surface area contributed by atoms with Crippen molar-refractivity contribution in [2.75, 3.05) is 12.4 Å². The van der Waals surface area contributed by atoms with Gasteiger partial charge in [-0.1, -0.05) is 26.8 Å². The Morgan fingerprint density at radius 2 is 1.79 bits per heavy atom. The van der Waals surface area contributed by atoms with Crippen LogP contribution in [0.4, 0.5) is 5.69 Å². The molecule has 0 saturated carbocycles. The molecule has 0 atom stereocenters. The lowest BCUT2D eigenvalue weighted by Gasteiger charge is -2.21. The molecule has 1 aromatic rings. The highest BCUT2D eigenvalue weighted by Gasteiger charge is 2.16. The highest BCUT2D eigenvalue weighted by Crippen LogP contribution is 2.33. The fraction of sp³-hybridized carbons (Fsp3) is 0.500. The van der Waals surface area contributed by atoms with Crippen LogP contribution >= 0.6 is 0 Å². The lowest BCUT2D eigenvalue weighted by Crippen LogP contribution is -2.11. The van der Waals surface area contributed by atoms with Crippen LogP contribution in [0.1, 0.15) is 31.9 Å². The zero-order chi connectivity index (χ0) is 10.9. The molecular formula is C12H19NO. The maximum atomic E-state index is 9.73. The Morgan fingerprint density at radius 1 is 1.21 bits per heavy atom. The zero-order valence-electron chi connectivity index (χ0n) is 9.60. The molecule has 0 unspecified atom stereocenters. The number of rotatable bonds is 1. The van der Waals surface area contributed by atoms with Gasteiger partial charge in [-0.25, -0.2) is 0 Å². The number of aromatic hydroxyl groups is 1. The van der Waals surface area contributed by atoms with Crippen LogP contribution in [0.25, 0.3) is 0 Å². The molecule has 0 aliphatic heterocycles. The molecule has 0 amide bonds. The van der Waals surface area contributed by atoms with Crippen molar-refractivity contribution in [1.82, 2.24) is 0 Å². The summed E-state index contributed by atoms with van der Waals surface area (Å²) in [5.41, 5.74) is 3.07. The average Bonchev–Trinajstić information content (AvgIpc) is 2.07. The molecule has 2 heteroatoms. The van der Waals surface area contributed by atoms with Crippen molar-refractivity contribution in [3.63, 3.8) is 0 Å². The van der Waals surface area contributed by atoms with E-state index < -0.39 is 0 Å². The number of phenolic OH excluding ortho intramolecular Hbond substituents is 1. The standard InChI is InChI=1S/C12H19NO/c1-8-6-9(12(2,3)4)7-10(13-5)11(8)14/h6-7,13-14H,1-5H3. The first kappa shape index (κ1) is 10.9. The van der Waals surface area contributed by atoms with E-state index in [-0.39, 0.29) is 5.41 Å². The number of benzene rings is 1. The number of anilines is 1. The maximum Gasteiger partial charge on any atom is 0.141 e. The van der Waals surface area contributed by atoms with Crippen molar-refractivity contribution in [1.29, 1.82) is 0 Å². The van der Waals surface area contributed by atoms with Crippen LogP contribution in [-0.2, 0) is 5.41 Å². The SMILES string of the molecule is CNc1cc(C(C)(C)C)cc(C)c1O. The second-order valence-corrected chi connectivity index (χ2v) is 4.69. The van der Waals surface area contributed by atoms with Crippen molar-refractivity contribution in [3.05, 3.63) is 23.3 Å². The Kier molecular flexibility index (Phi) is 2.74. The van der Waals surface area contributed by atoms with Crippen LogP contribution in [0, 0.1) is 6.92 Å². The minimum Gasteiger partial charge on any atom is -0.506 e. The summed E-state index contributed by atoms with van der Waals surface area (Å²) in [5, 5.41) is 12.7. The quantitative estimate of drug-likeness (QED) is 0.672. The van der Waals surface area contributed by atoms with Gasteiger partial charge in [0.05, 0.1) is 5.69 Å². The number of hydrogen-bond donors (Lipinski definition) is 2. The Morgan fingerprint density at radius 3 is 2.21 bits per heavy atom. The molecule has 1 rings (SSSR count). The number of aryl methyl sites for hydroxylation is 1. The second kappa shape index (κ2) is 3.52. The summed E-state index contributed by atoms with van der Waals surface area (Å²) < 4.78 is 0. The molecule has 0 fully saturated rings. The van der Waals surface area contributed by atoms with Gasteiger partial charge in [-0.15, -0.1) is 0 Å². The fourth-order valence-electron chi connectivity index (χ4n) is 1.40. The first-order valence-electron chi connectivity index (χ1n) is 4.88. The van der Waals surface area contributed by atoms with Gasteiger partial charge in [0.2, 0.25) is 0 Å². The van der Waals surface area contributed by atoms with Crippen LogP contribution in [0.15, 0.2) is 12.1 Å². The Balaban J connectivity index is 3.30. The minimum absolute atomic E-state index is 0.115. The average molecular weight is 193 g/mol. The lowest BCUT2D eigenvalue weighted by atomic mass is 9.85. The van der Waals surface area contributed by atoms with Crippen LogP contribution in [0.5, 0.6) is 5.75 Å². The summed E-state index contributed by atoms with van der Waals surface area (Å²) >= 11 is 0. The second-order valence-electron chi connectivity index (χ2n) is 4.69. The van der Waals surface area contributed by atoms with Gasteiger partial charge in [0.1, 0.15) is 5.75 Å². The molecule has 78 valence electrons. The topological polar surface area (TPSA) is 32.3 Å². The van der Waals surface area contributed by atoms with E-state index in [0.29, 0.717) is 5.75 Å². The Bertz CT molecular complexity index is 337. The van der Waals surface area contributed by atoms with Gasteiger partial charge in [-0.3, -0.25) is 0 Å². The molecule has 2 nitrogen and oxygen atoms in total. The summed E-state index contributed by atoms with van der Waals surface area (Å²) in [4.78, 5) is 0. The number of hydrogen-bond acceptors (Lipinski definition) is 2. The summed E-state index contributed by atoms with van der Waals surface area (Å²) in [7, 11) is 1.82. The molecule has 0 bridgehead atoms. The van der Waals surface area contributed by atoms with Crippen LogP contribution in [0.2, 0.25) is 0 Å². The predicted molar refractivity (Wildman–Crippen MR) is 61.1 cm³/mol. The minimum atomic E-state index is 0.115. The fourth-order valence-corrected chi connectivity index (χ4v) is 1.40. The normalized spacial score (nSPS) is 11.5. The van der Waals surface area contributed by atoms with Gasteiger partial charge in [0, 0.05) is 7.05 Å². The molecule has 0 aromatic heterocycles. The predicted octanol–water partition coefficient (Wildman–Crippen LogP) is 3.04. The molecule has 0 heterocycles. The number of nitrogens with one attached hydrogen (secondary N) is 1. The molecule has 2 N–H and O–H groups in total. The van der Waals surface area contributed by atoms with Crippen molar-refractivity contribution in [2.45, 2.75) is 33.1 Å². The van der Waals surface area contributed by atoms with Crippen molar-refractivity contribution < 1.29 is 5.11 Å². The summed E-state index contributed by atoms with van der Waals surface area (Å²) in [6.07, 6.45) is 0. The van der Waals surface area contributed by atoms with E-state index in [1.54, 1.807) is 0 Å². The summed E-state index contributed by atoms with van der Waals surface area (Å²) in [6, 6.07) is 4.04. The maximum absolute atomic E-state index is 9.73. The molecular weight excluding hydrogens is 174 g/mol. The van der Waals surface area contributed by atoms with E-state index in [0.717, 1.165) is 11.3 Å². The van der Waals surface area contributed by atoms with E-state index in [4.69, 9.17) is 0 Å². The van der Waals surface area contributed by atoms with E-state index in [9.17, 15) is 5.11 Å². The van der Waals surface area contributed by atoms with E-state index >= 15 is 0 Å². The van der Waals surface area contributed by atoms with Crippen LogP contribution < -0.4 is 5.32 Å². The van der Waals surface area contributed by atoms with Crippen LogP contribution in [-0.4, -0.2) is 12.2 Å². The first-order chi connectivity index (χ1) is 6.36. The molecule has 0 spiro atoms. The molecule has 0 aliphatic rings. The highest BCUT2D eigenvalue weighted by atomic mass is 16.3. The monoisotopic (exact) mass is 193 g/mol. The van der Waals surface area contributed by atoms with Gasteiger partial charge in [0.15, 0.2) is 0 Å². The third kappa shape index (κ3) is 2.00. The van der Waals surface area contributed by atoms with E-state index in [2.05, 4.69) is 26.1 Å². The van der Waals surface area contributed by atoms with Crippen molar-refractivity contribution in [2.24, 2.45) is 0 Å². The smallest absolute Gasteiger partial charge is 0.141 e. The summed E-state index contributed by atoms with van der Waals surface area (Å²) in [5.74, 6) is 0.348. The van der Waals surface area contributed by atoms with E-state index in [1.807, 2.05) is 26.1 Å². The first-order valence-corrected chi connectivity index (χ1v) is 4.88. The van der Waals surface area contributed by atoms with Gasteiger partial charge in [-0.2, -0.15) is 0 Å². The van der Waals surface area contributed by atoms with Gasteiger partial charge in [0.25, 0.3) is 0 Å². The molecule has 0 saturated heterocycles. The van der Waals surface area contributed by atoms with Gasteiger partial charge < -0.3 is 10.4 Å². The molecule has 1 aromatic carbocycles. The highest BCUT2D eigenvalue weighted by molar-refractivity contribution is 5.61. The summed E-state index contributed by atoms with van der Waals surface area (Å²) in [6.45, 7) is 8.42. The Hall–Kier alpha value is -1.18. The third-order valence-electron chi connectivity index (χ3n) is 2.44. The molecule has 14 heavy (non-hydrogen) atoms.